The lowest BCUT2D eigenvalue weighted by molar-refractivity contribution is 0.224. The Kier molecular flexibility index (Phi) is 6.32. The lowest BCUT2D eigenvalue weighted by Gasteiger charge is -2.19. The Morgan fingerprint density at radius 2 is 1.87 bits per heavy atom. The lowest BCUT2D eigenvalue weighted by atomic mass is 10.2. The van der Waals surface area contributed by atoms with Gasteiger partial charge >= 0.3 is 0 Å². The van der Waals surface area contributed by atoms with Crippen LogP contribution in [0.5, 0.6) is 5.75 Å². The predicted octanol–water partition coefficient (Wildman–Crippen LogP) is 4.92. The van der Waals surface area contributed by atoms with E-state index in [1.165, 1.54) is 12.1 Å². The largest absolute Gasteiger partial charge is 0.491 e. The van der Waals surface area contributed by atoms with Gasteiger partial charge in [-0.25, -0.2) is 9.37 Å². The molecule has 3 nitrogen and oxygen atoms in total. The molecular formula is C16H18Cl3FN2O. The number of ether oxygens (including phenoxy) is 1. The van der Waals surface area contributed by atoms with Gasteiger partial charge in [0.2, 0.25) is 3.79 Å². The van der Waals surface area contributed by atoms with E-state index >= 15 is 0 Å². The Labute approximate surface area is 150 Å². The topological polar surface area (TPSA) is 25.4 Å². The Morgan fingerprint density at radius 3 is 2.48 bits per heavy atom. The molecule has 1 aromatic carbocycles. The van der Waals surface area contributed by atoms with Crippen molar-refractivity contribution in [2.75, 3.05) is 26.2 Å². The van der Waals surface area contributed by atoms with E-state index in [4.69, 9.17) is 39.5 Å². The van der Waals surface area contributed by atoms with Crippen molar-refractivity contribution < 1.29 is 9.13 Å². The summed E-state index contributed by atoms with van der Waals surface area (Å²) in [5, 5.41) is 0.558. The van der Waals surface area contributed by atoms with E-state index in [-0.39, 0.29) is 11.5 Å². The molecule has 0 amide bonds. The standard InChI is InChI=1S/C16H18Cl3FN2O/c1-3-22(4-2)7-8-23-14-10-15(16(17,18)19)21-13-6-5-11(20)9-12(13)14/h5-6,9-10H,3-4,7-8H2,1-2H3. The molecule has 0 bridgehead atoms. The van der Waals surface area contributed by atoms with Crippen molar-refractivity contribution in [3.8, 4) is 5.75 Å². The normalized spacial score (nSPS) is 12.1. The van der Waals surface area contributed by atoms with Gasteiger partial charge in [-0.3, -0.25) is 0 Å². The summed E-state index contributed by atoms with van der Waals surface area (Å²) in [5.41, 5.74) is 0.771. The molecule has 2 aromatic rings. The fourth-order valence-corrected chi connectivity index (χ4v) is 2.55. The number of hydrogen-bond acceptors (Lipinski definition) is 3. The van der Waals surface area contributed by atoms with Crippen LogP contribution in [0.2, 0.25) is 0 Å². The number of likely N-dealkylation sites (N-methyl/N-ethyl adjacent to an activating group) is 1. The molecule has 7 heteroatoms. The zero-order valence-electron chi connectivity index (χ0n) is 13.0. The van der Waals surface area contributed by atoms with Crippen molar-refractivity contribution in [1.82, 2.24) is 9.88 Å². The summed E-state index contributed by atoms with van der Waals surface area (Å²) in [7, 11) is 0. The number of pyridine rings is 1. The van der Waals surface area contributed by atoms with E-state index in [1.807, 2.05) is 0 Å². The van der Waals surface area contributed by atoms with E-state index in [0.29, 0.717) is 23.3 Å². The lowest BCUT2D eigenvalue weighted by Crippen LogP contribution is -2.28. The molecule has 0 N–H and O–H groups in total. The highest BCUT2D eigenvalue weighted by Crippen LogP contribution is 2.40. The van der Waals surface area contributed by atoms with E-state index in [0.717, 1.165) is 19.6 Å². The van der Waals surface area contributed by atoms with Gasteiger partial charge in [0.15, 0.2) is 0 Å². The Morgan fingerprint density at radius 1 is 1.17 bits per heavy atom. The number of fused-ring (bicyclic) bond motifs is 1. The van der Waals surface area contributed by atoms with Crippen LogP contribution in [-0.4, -0.2) is 36.1 Å². The predicted molar refractivity (Wildman–Crippen MR) is 94.2 cm³/mol. The quantitative estimate of drug-likeness (QED) is 0.666. The molecule has 1 heterocycles. The Bertz CT molecular complexity index is 672. The molecule has 126 valence electrons. The second-order valence-electron chi connectivity index (χ2n) is 5.04. The van der Waals surface area contributed by atoms with E-state index in [1.54, 1.807) is 12.1 Å². The van der Waals surface area contributed by atoms with Crippen LogP contribution in [-0.2, 0) is 3.79 Å². The summed E-state index contributed by atoms with van der Waals surface area (Å²) in [4.78, 5) is 6.49. The second-order valence-corrected chi connectivity index (χ2v) is 7.32. The highest BCUT2D eigenvalue weighted by Gasteiger charge is 2.26. The monoisotopic (exact) mass is 378 g/mol. The van der Waals surface area contributed by atoms with Crippen LogP contribution in [0.25, 0.3) is 10.9 Å². The van der Waals surface area contributed by atoms with Gasteiger partial charge in [0.1, 0.15) is 18.2 Å². The number of alkyl halides is 3. The molecule has 0 aliphatic rings. The zero-order valence-corrected chi connectivity index (χ0v) is 15.2. The van der Waals surface area contributed by atoms with Gasteiger partial charge in [0.05, 0.1) is 11.2 Å². The smallest absolute Gasteiger partial charge is 0.232 e. The molecule has 0 unspecified atom stereocenters. The van der Waals surface area contributed by atoms with Crippen LogP contribution in [0.4, 0.5) is 4.39 Å². The van der Waals surface area contributed by atoms with Crippen molar-refractivity contribution in [3.05, 3.63) is 35.8 Å². The molecule has 0 fully saturated rings. The first-order chi connectivity index (χ1) is 10.8. The molecule has 0 saturated carbocycles. The van der Waals surface area contributed by atoms with Crippen molar-refractivity contribution >= 4 is 45.7 Å². The number of benzene rings is 1. The molecule has 0 radical (unpaired) electrons. The van der Waals surface area contributed by atoms with Gasteiger partial charge in [-0.15, -0.1) is 0 Å². The molecule has 0 spiro atoms. The number of aromatic nitrogens is 1. The van der Waals surface area contributed by atoms with E-state index in [2.05, 4.69) is 23.7 Å². The maximum Gasteiger partial charge on any atom is 0.232 e. The van der Waals surface area contributed by atoms with E-state index < -0.39 is 3.79 Å². The summed E-state index contributed by atoms with van der Waals surface area (Å²) in [5.74, 6) is 0.0949. The van der Waals surface area contributed by atoms with Gasteiger partial charge in [-0.05, 0) is 31.3 Å². The average Bonchev–Trinajstić information content (AvgIpc) is 2.50. The molecule has 0 aliphatic carbocycles. The zero-order chi connectivity index (χ0) is 17.0. The van der Waals surface area contributed by atoms with E-state index in [9.17, 15) is 4.39 Å². The molecule has 1 aromatic heterocycles. The highest BCUT2D eigenvalue weighted by molar-refractivity contribution is 6.66. The van der Waals surface area contributed by atoms with Crippen LogP contribution < -0.4 is 4.74 Å². The Hall–Kier alpha value is -0.810. The van der Waals surface area contributed by atoms with Crippen molar-refractivity contribution in [2.45, 2.75) is 17.6 Å². The van der Waals surface area contributed by atoms with Gasteiger partial charge < -0.3 is 9.64 Å². The average molecular weight is 380 g/mol. The highest BCUT2D eigenvalue weighted by atomic mass is 35.6. The van der Waals surface area contributed by atoms with Crippen LogP contribution >= 0.6 is 34.8 Å². The van der Waals surface area contributed by atoms with Crippen LogP contribution in [0.15, 0.2) is 24.3 Å². The van der Waals surface area contributed by atoms with Crippen LogP contribution in [0.3, 0.4) is 0 Å². The van der Waals surface area contributed by atoms with Crippen LogP contribution in [0, 0.1) is 5.82 Å². The summed E-state index contributed by atoms with van der Waals surface area (Å²) in [6.45, 7) is 7.26. The molecule has 0 aliphatic heterocycles. The number of nitrogens with zero attached hydrogens (tertiary/aromatic N) is 2. The third-order valence-corrected chi connectivity index (χ3v) is 4.16. The molecule has 23 heavy (non-hydrogen) atoms. The number of halogens is 4. The maximum absolute atomic E-state index is 13.5. The second kappa shape index (κ2) is 7.84. The first-order valence-corrected chi connectivity index (χ1v) is 8.51. The van der Waals surface area contributed by atoms with Gasteiger partial charge in [-0.2, -0.15) is 0 Å². The Balaban J connectivity index is 2.33. The number of hydrogen-bond donors (Lipinski definition) is 0. The van der Waals surface area contributed by atoms with Gasteiger partial charge in [-0.1, -0.05) is 48.7 Å². The first kappa shape index (κ1) is 18.5. The fourth-order valence-electron chi connectivity index (χ4n) is 2.26. The molecular weight excluding hydrogens is 362 g/mol. The minimum atomic E-state index is -1.67. The van der Waals surface area contributed by atoms with Crippen molar-refractivity contribution in [3.63, 3.8) is 0 Å². The SMILES string of the molecule is CCN(CC)CCOc1cc(C(Cl)(Cl)Cl)nc2ccc(F)cc12. The summed E-state index contributed by atoms with van der Waals surface area (Å²) in [6.07, 6.45) is 0. The number of rotatable bonds is 6. The molecule has 0 saturated heterocycles. The fraction of sp³-hybridized carbons (Fsp3) is 0.438. The van der Waals surface area contributed by atoms with Crippen LogP contribution in [0.1, 0.15) is 19.5 Å². The minimum Gasteiger partial charge on any atom is -0.491 e. The third-order valence-electron chi connectivity index (χ3n) is 3.58. The van der Waals surface area contributed by atoms with Crippen molar-refractivity contribution in [1.29, 1.82) is 0 Å². The third kappa shape index (κ3) is 4.83. The van der Waals surface area contributed by atoms with Gasteiger partial charge in [0.25, 0.3) is 0 Å². The summed E-state index contributed by atoms with van der Waals surface area (Å²) < 4.78 is 17.7. The van der Waals surface area contributed by atoms with Gasteiger partial charge in [0, 0.05) is 18.0 Å². The van der Waals surface area contributed by atoms with Crippen molar-refractivity contribution in [2.24, 2.45) is 0 Å². The molecule has 2 rings (SSSR count). The summed E-state index contributed by atoms with van der Waals surface area (Å²) in [6, 6.07) is 5.78. The maximum atomic E-state index is 13.5. The minimum absolute atomic E-state index is 0.249. The summed E-state index contributed by atoms with van der Waals surface area (Å²) >= 11 is 17.8. The molecule has 0 atom stereocenters. The first-order valence-electron chi connectivity index (χ1n) is 7.37.